The lowest BCUT2D eigenvalue weighted by molar-refractivity contribution is -0.142. The lowest BCUT2D eigenvalue weighted by atomic mass is 10.3. The van der Waals surface area contributed by atoms with Crippen molar-refractivity contribution in [1.82, 2.24) is 4.31 Å². The highest BCUT2D eigenvalue weighted by Crippen LogP contribution is 2.16. The van der Waals surface area contributed by atoms with Crippen molar-refractivity contribution < 1.29 is 22.7 Å². The first kappa shape index (κ1) is 19.6. The summed E-state index contributed by atoms with van der Waals surface area (Å²) in [5, 5.41) is 2.51. The van der Waals surface area contributed by atoms with Crippen molar-refractivity contribution >= 4 is 27.6 Å². The Bertz CT molecular complexity index is 734. The van der Waals surface area contributed by atoms with E-state index in [1.54, 1.807) is 19.1 Å². The molecule has 7 nitrogen and oxygen atoms in total. The van der Waals surface area contributed by atoms with E-state index >= 15 is 0 Å². The number of benzene rings is 1. The number of allylic oxidation sites excluding steroid dienone is 3. The zero-order valence-corrected chi connectivity index (χ0v) is 14.5. The number of carbonyl (C=O) groups excluding carboxylic acids is 2. The molecule has 130 valence electrons. The van der Waals surface area contributed by atoms with E-state index in [-0.39, 0.29) is 4.90 Å². The molecular formula is C16H20N2O5S. The van der Waals surface area contributed by atoms with Gasteiger partial charge in [0.2, 0.25) is 10.0 Å². The Morgan fingerprint density at radius 1 is 1.17 bits per heavy atom. The largest absolute Gasteiger partial charge is 0.452 e. The van der Waals surface area contributed by atoms with Gasteiger partial charge in [0.1, 0.15) is 0 Å². The molecule has 0 aliphatic heterocycles. The Hall–Kier alpha value is -2.45. The topological polar surface area (TPSA) is 92.8 Å². The van der Waals surface area contributed by atoms with Crippen molar-refractivity contribution in [1.29, 1.82) is 0 Å². The van der Waals surface area contributed by atoms with Crippen molar-refractivity contribution in [2.45, 2.75) is 11.8 Å². The lowest BCUT2D eigenvalue weighted by Gasteiger charge is -2.12. The van der Waals surface area contributed by atoms with Gasteiger partial charge in [0.25, 0.3) is 5.91 Å². The van der Waals surface area contributed by atoms with Crippen LogP contribution in [0.4, 0.5) is 5.69 Å². The molecule has 0 spiro atoms. The molecule has 0 fully saturated rings. The fraction of sp³-hybridized carbons (Fsp3) is 0.250. The van der Waals surface area contributed by atoms with E-state index in [1.165, 1.54) is 50.5 Å². The van der Waals surface area contributed by atoms with E-state index < -0.39 is 28.5 Å². The molecule has 1 rings (SSSR count). The summed E-state index contributed by atoms with van der Waals surface area (Å²) in [5.41, 5.74) is 0.401. The van der Waals surface area contributed by atoms with E-state index in [1.807, 2.05) is 0 Å². The number of esters is 1. The second kappa shape index (κ2) is 8.99. The summed E-state index contributed by atoms with van der Waals surface area (Å²) in [6.45, 7) is 1.37. The first-order valence-corrected chi connectivity index (χ1v) is 8.50. The normalized spacial score (nSPS) is 12.0. The van der Waals surface area contributed by atoms with Crippen molar-refractivity contribution in [2.24, 2.45) is 0 Å². The maximum atomic E-state index is 11.9. The predicted octanol–water partition coefficient (Wildman–Crippen LogP) is 1.55. The first-order chi connectivity index (χ1) is 11.3. The molecule has 0 radical (unpaired) electrons. The van der Waals surface area contributed by atoms with Crippen LogP contribution in [-0.2, 0) is 24.3 Å². The Kier molecular flexibility index (Phi) is 7.34. The Morgan fingerprint density at radius 3 is 2.33 bits per heavy atom. The lowest BCUT2D eigenvalue weighted by Crippen LogP contribution is -2.22. The van der Waals surface area contributed by atoms with Gasteiger partial charge in [-0.15, -0.1) is 0 Å². The van der Waals surface area contributed by atoms with E-state index in [9.17, 15) is 18.0 Å². The molecule has 0 atom stereocenters. The van der Waals surface area contributed by atoms with E-state index in [2.05, 4.69) is 5.32 Å². The number of carbonyl (C=O) groups is 2. The van der Waals surface area contributed by atoms with E-state index in [4.69, 9.17) is 4.74 Å². The molecule has 0 aliphatic rings. The average Bonchev–Trinajstić information content (AvgIpc) is 2.53. The highest BCUT2D eigenvalue weighted by molar-refractivity contribution is 7.89. The molecule has 1 N–H and O–H groups in total. The van der Waals surface area contributed by atoms with Crippen LogP contribution in [-0.4, -0.2) is 45.3 Å². The molecule has 8 heteroatoms. The van der Waals surface area contributed by atoms with Crippen molar-refractivity contribution in [2.75, 3.05) is 26.0 Å². The molecule has 0 bridgehead atoms. The van der Waals surface area contributed by atoms with Crippen molar-refractivity contribution in [3.8, 4) is 0 Å². The Balaban J connectivity index is 2.58. The number of ether oxygens (including phenoxy) is 1. The quantitative estimate of drug-likeness (QED) is 0.457. The van der Waals surface area contributed by atoms with Gasteiger partial charge in [0.15, 0.2) is 6.61 Å². The van der Waals surface area contributed by atoms with Gasteiger partial charge < -0.3 is 10.1 Å². The number of nitrogens with zero attached hydrogens (tertiary/aromatic N) is 1. The summed E-state index contributed by atoms with van der Waals surface area (Å²) in [6, 6.07) is 5.69. The standard InChI is InChI=1S/C16H20N2O5S/c1-4-5-6-7-16(20)23-12-15(19)17-13-8-10-14(11-9-13)24(21,22)18(2)3/h4-11H,12H2,1-3H3,(H,17,19)/b5-4+,7-6+. The van der Waals surface area contributed by atoms with Gasteiger partial charge in [-0.05, 0) is 31.2 Å². The molecule has 1 amide bonds. The molecule has 0 saturated heterocycles. The summed E-state index contributed by atoms with van der Waals surface area (Å²) >= 11 is 0. The molecule has 0 unspecified atom stereocenters. The maximum absolute atomic E-state index is 11.9. The first-order valence-electron chi connectivity index (χ1n) is 7.06. The zero-order valence-electron chi connectivity index (χ0n) is 13.7. The number of anilines is 1. The van der Waals surface area contributed by atoms with Crippen LogP contribution in [0, 0.1) is 0 Å². The minimum Gasteiger partial charge on any atom is -0.452 e. The number of hydrogen-bond donors (Lipinski definition) is 1. The number of rotatable bonds is 7. The van der Waals surface area contributed by atoms with Gasteiger partial charge in [-0.3, -0.25) is 4.79 Å². The third kappa shape index (κ3) is 5.98. The molecule has 0 saturated carbocycles. The number of nitrogens with one attached hydrogen (secondary N) is 1. The smallest absolute Gasteiger partial charge is 0.331 e. The number of amides is 1. The van der Waals surface area contributed by atoms with E-state index in [0.717, 1.165) is 4.31 Å². The minimum absolute atomic E-state index is 0.117. The van der Waals surface area contributed by atoms with Crippen LogP contribution in [0.25, 0.3) is 0 Å². The van der Waals surface area contributed by atoms with E-state index in [0.29, 0.717) is 5.69 Å². The summed E-state index contributed by atoms with van der Waals surface area (Å²) in [7, 11) is -0.647. The summed E-state index contributed by atoms with van der Waals surface area (Å²) < 4.78 is 29.7. The van der Waals surface area contributed by atoms with Crippen molar-refractivity contribution in [3.63, 3.8) is 0 Å². The van der Waals surface area contributed by atoms with Crippen LogP contribution in [0.1, 0.15) is 6.92 Å². The molecular weight excluding hydrogens is 332 g/mol. The maximum Gasteiger partial charge on any atom is 0.331 e. The second-order valence-corrected chi connectivity index (χ2v) is 7.00. The highest BCUT2D eigenvalue weighted by atomic mass is 32.2. The Morgan fingerprint density at radius 2 is 1.79 bits per heavy atom. The highest BCUT2D eigenvalue weighted by Gasteiger charge is 2.16. The van der Waals surface area contributed by atoms with Gasteiger partial charge >= 0.3 is 5.97 Å². The summed E-state index contributed by atoms with van der Waals surface area (Å²) in [5.74, 6) is -1.15. The second-order valence-electron chi connectivity index (χ2n) is 4.85. The third-order valence-corrected chi connectivity index (χ3v) is 4.63. The van der Waals surface area contributed by atoms with Gasteiger partial charge in [0, 0.05) is 25.9 Å². The third-order valence-electron chi connectivity index (χ3n) is 2.80. The van der Waals surface area contributed by atoms with Crippen LogP contribution in [0.3, 0.4) is 0 Å². The van der Waals surface area contributed by atoms with Crippen LogP contribution in [0.5, 0.6) is 0 Å². The SMILES string of the molecule is C/C=C/C=C/C(=O)OCC(=O)Nc1ccc(S(=O)(=O)N(C)C)cc1. The molecule has 0 aromatic heterocycles. The fourth-order valence-electron chi connectivity index (χ4n) is 1.55. The predicted molar refractivity (Wildman–Crippen MR) is 90.9 cm³/mol. The molecule has 1 aromatic rings. The van der Waals surface area contributed by atoms with Crippen LogP contribution < -0.4 is 5.32 Å². The van der Waals surface area contributed by atoms with Gasteiger partial charge in [-0.25, -0.2) is 17.5 Å². The summed E-state index contributed by atoms with van der Waals surface area (Å²) in [6.07, 6.45) is 6.11. The monoisotopic (exact) mass is 352 g/mol. The van der Waals surface area contributed by atoms with Crippen LogP contribution in [0.2, 0.25) is 0 Å². The number of hydrogen-bond acceptors (Lipinski definition) is 5. The zero-order chi connectivity index (χ0) is 18.2. The number of sulfonamides is 1. The van der Waals surface area contributed by atoms with Gasteiger partial charge in [-0.2, -0.15) is 0 Å². The van der Waals surface area contributed by atoms with Gasteiger partial charge in [0.05, 0.1) is 4.90 Å². The molecule has 24 heavy (non-hydrogen) atoms. The molecule has 1 aromatic carbocycles. The molecule has 0 heterocycles. The Labute approximate surface area is 141 Å². The average molecular weight is 352 g/mol. The fourth-order valence-corrected chi connectivity index (χ4v) is 2.45. The van der Waals surface area contributed by atoms with Crippen molar-refractivity contribution in [3.05, 3.63) is 48.6 Å². The molecule has 0 aliphatic carbocycles. The van der Waals surface area contributed by atoms with Crippen LogP contribution in [0.15, 0.2) is 53.5 Å². The minimum atomic E-state index is -3.52. The van der Waals surface area contributed by atoms with Gasteiger partial charge in [-0.1, -0.05) is 18.2 Å². The summed E-state index contributed by atoms with van der Waals surface area (Å²) in [4.78, 5) is 23.1. The van der Waals surface area contributed by atoms with Crippen LogP contribution >= 0.6 is 0 Å².